The third kappa shape index (κ3) is 4.35. The zero-order valence-corrected chi connectivity index (χ0v) is 12.3. The molecule has 0 fully saturated rings. The number of pyridine rings is 1. The summed E-state index contributed by atoms with van der Waals surface area (Å²) in [6, 6.07) is 12.6. The Bertz CT molecular complexity index is 526. The minimum absolute atomic E-state index is 0.203. The van der Waals surface area contributed by atoms with E-state index in [1.165, 1.54) is 11.1 Å². The van der Waals surface area contributed by atoms with Crippen LogP contribution in [-0.4, -0.2) is 11.1 Å². The minimum atomic E-state index is 0.203. The molecule has 20 heavy (non-hydrogen) atoms. The first-order valence-electron chi connectivity index (χ1n) is 7.04. The second-order valence-corrected chi connectivity index (χ2v) is 5.20. The molecule has 0 amide bonds. The maximum atomic E-state index is 5.71. The van der Waals surface area contributed by atoms with Gasteiger partial charge < -0.3 is 10.1 Å². The van der Waals surface area contributed by atoms with E-state index in [2.05, 4.69) is 29.4 Å². The van der Waals surface area contributed by atoms with Crippen LogP contribution in [-0.2, 0) is 6.54 Å². The van der Waals surface area contributed by atoms with Crippen molar-refractivity contribution in [2.24, 2.45) is 0 Å². The molecule has 106 valence electrons. The number of hydrogen-bond donors (Lipinski definition) is 1. The van der Waals surface area contributed by atoms with Crippen LogP contribution in [0.25, 0.3) is 0 Å². The third-order valence-corrected chi connectivity index (χ3v) is 3.09. The first kappa shape index (κ1) is 14.5. The standard InChI is InChI=1S/C17H22N2O/c1-13(2)20-17-6-4-5-15(11-17)12-19-14(3)16-7-9-18-10-8-16/h4-11,13-14,19H,12H2,1-3H3/t14-/m1/s1. The van der Waals surface area contributed by atoms with E-state index in [9.17, 15) is 0 Å². The van der Waals surface area contributed by atoms with Gasteiger partial charge in [-0.05, 0) is 56.2 Å². The Morgan fingerprint density at radius 3 is 2.55 bits per heavy atom. The van der Waals surface area contributed by atoms with Gasteiger partial charge in [-0.2, -0.15) is 0 Å². The van der Waals surface area contributed by atoms with Gasteiger partial charge in [-0.25, -0.2) is 0 Å². The van der Waals surface area contributed by atoms with E-state index >= 15 is 0 Å². The lowest BCUT2D eigenvalue weighted by Gasteiger charge is -2.15. The number of rotatable bonds is 6. The van der Waals surface area contributed by atoms with Gasteiger partial charge in [0.2, 0.25) is 0 Å². The zero-order valence-electron chi connectivity index (χ0n) is 12.3. The smallest absolute Gasteiger partial charge is 0.120 e. The number of nitrogens with zero attached hydrogens (tertiary/aromatic N) is 1. The van der Waals surface area contributed by atoms with Gasteiger partial charge in [0.15, 0.2) is 0 Å². The predicted octanol–water partition coefficient (Wildman–Crippen LogP) is 3.72. The van der Waals surface area contributed by atoms with Crippen molar-refractivity contribution >= 4 is 0 Å². The average Bonchev–Trinajstić information content (AvgIpc) is 2.45. The summed E-state index contributed by atoms with van der Waals surface area (Å²) in [4.78, 5) is 4.04. The van der Waals surface area contributed by atoms with E-state index < -0.39 is 0 Å². The lowest BCUT2D eigenvalue weighted by molar-refractivity contribution is 0.242. The molecule has 0 aliphatic heterocycles. The van der Waals surface area contributed by atoms with Gasteiger partial charge >= 0.3 is 0 Å². The third-order valence-electron chi connectivity index (χ3n) is 3.09. The molecule has 0 saturated heterocycles. The molecule has 1 aromatic heterocycles. The first-order valence-corrected chi connectivity index (χ1v) is 7.04. The Labute approximate surface area is 121 Å². The van der Waals surface area contributed by atoms with Crippen LogP contribution in [0.3, 0.4) is 0 Å². The van der Waals surface area contributed by atoms with Crippen LogP contribution in [0.4, 0.5) is 0 Å². The SMILES string of the molecule is CC(C)Oc1cccc(CN[C@H](C)c2ccncc2)c1. The van der Waals surface area contributed by atoms with Crippen molar-refractivity contribution in [2.45, 2.75) is 39.5 Å². The first-order chi connectivity index (χ1) is 9.65. The van der Waals surface area contributed by atoms with Crippen molar-refractivity contribution in [1.82, 2.24) is 10.3 Å². The number of hydrogen-bond acceptors (Lipinski definition) is 3. The molecule has 1 atom stereocenters. The summed E-state index contributed by atoms with van der Waals surface area (Å²) in [7, 11) is 0. The van der Waals surface area contributed by atoms with Crippen LogP contribution in [0.5, 0.6) is 5.75 Å². The fourth-order valence-corrected chi connectivity index (χ4v) is 2.04. The molecule has 1 N–H and O–H groups in total. The molecular formula is C17H22N2O. The van der Waals surface area contributed by atoms with Crippen LogP contribution >= 0.6 is 0 Å². The molecule has 0 bridgehead atoms. The monoisotopic (exact) mass is 270 g/mol. The highest BCUT2D eigenvalue weighted by molar-refractivity contribution is 5.28. The Morgan fingerprint density at radius 2 is 1.85 bits per heavy atom. The van der Waals surface area contributed by atoms with E-state index in [4.69, 9.17) is 4.74 Å². The second kappa shape index (κ2) is 7.06. The molecule has 1 aromatic carbocycles. The maximum absolute atomic E-state index is 5.71. The minimum Gasteiger partial charge on any atom is -0.491 e. The maximum Gasteiger partial charge on any atom is 0.120 e. The molecule has 0 spiro atoms. The highest BCUT2D eigenvalue weighted by Gasteiger charge is 2.05. The van der Waals surface area contributed by atoms with Crippen LogP contribution in [0.1, 0.15) is 37.9 Å². The molecule has 0 aliphatic carbocycles. The Kier molecular flexibility index (Phi) is 5.13. The summed E-state index contributed by atoms with van der Waals surface area (Å²) in [6.45, 7) is 7.05. The largest absolute Gasteiger partial charge is 0.491 e. The number of nitrogens with one attached hydrogen (secondary N) is 1. The molecule has 3 heteroatoms. The van der Waals surface area contributed by atoms with Crippen molar-refractivity contribution in [2.75, 3.05) is 0 Å². The topological polar surface area (TPSA) is 34.1 Å². The van der Waals surface area contributed by atoms with Crippen molar-refractivity contribution < 1.29 is 4.74 Å². The normalized spacial score (nSPS) is 12.4. The summed E-state index contributed by atoms with van der Waals surface area (Å²) in [5.41, 5.74) is 2.47. The van der Waals surface area contributed by atoms with Gasteiger partial charge in [0.05, 0.1) is 6.10 Å². The van der Waals surface area contributed by atoms with E-state index in [1.807, 2.05) is 50.5 Å². The average molecular weight is 270 g/mol. The van der Waals surface area contributed by atoms with Gasteiger partial charge in [0.25, 0.3) is 0 Å². The lowest BCUT2D eigenvalue weighted by Crippen LogP contribution is -2.18. The highest BCUT2D eigenvalue weighted by atomic mass is 16.5. The molecule has 2 aromatic rings. The molecule has 0 aliphatic rings. The van der Waals surface area contributed by atoms with Gasteiger partial charge in [0, 0.05) is 25.0 Å². The highest BCUT2D eigenvalue weighted by Crippen LogP contribution is 2.16. The van der Waals surface area contributed by atoms with E-state index in [0.717, 1.165) is 12.3 Å². The van der Waals surface area contributed by atoms with Crippen LogP contribution < -0.4 is 10.1 Å². The fraction of sp³-hybridized carbons (Fsp3) is 0.353. The van der Waals surface area contributed by atoms with Gasteiger partial charge in [-0.3, -0.25) is 4.98 Å². The molecule has 2 rings (SSSR count). The van der Waals surface area contributed by atoms with Crippen LogP contribution in [0, 0.1) is 0 Å². The number of benzene rings is 1. The van der Waals surface area contributed by atoms with E-state index in [1.54, 1.807) is 0 Å². The lowest BCUT2D eigenvalue weighted by atomic mass is 10.1. The van der Waals surface area contributed by atoms with E-state index in [0.29, 0.717) is 6.04 Å². The quantitative estimate of drug-likeness (QED) is 0.868. The summed E-state index contributed by atoms with van der Waals surface area (Å²) >= 11 is 0. The summed E-state index contributed by atoms with van der Waals surface area (Å²) in [5, 5.41) is 3.51. The Morgan fingerprint density at radius 1 is 1.10 bits per heavy atom. The van der Waals surface area contributed by atoms with Crippen molar-refractivity contribution in [1.29, 1.82) is 0 Å². The van der Waals surface area contributed by atoms with Gasteiger partial charge in [-0.1, -0.05) is 12.1 Å². The van der Waals surface area contributed by atoms with Gasteiger partial charge in [-0.15, -0.1) is 0 Å². The molecule has 3 nitrogen and oxygen atoms in total. The van der Waals surface area contributed by atoms with Crippen molar-refractivity contribution in [3.63, 3.8) is 0 Å². The zero-order chi connectivity index (χ0) is 14.4. The van der Waals surface area contributed by atoms with Gasteiger partial charge in [0.1, 0.15) is 5.75 Å². The second-order valence-electron chi connectivity index (χ2n) is 5.20. The number of ether oxygens (including phenoxy) is 1. The molecule has 1 heterocycles. The molecule has 0 saturated carbocycles. The fourth-order valence-electron chi connectivity index (χ4n) is 2.04. The molecule has 0 radical (unpaired) electrons. The summed E-state index contributed by atoms with van der Waals surface area (Å²) in [5.74, 6) is 0.927. The van der Waals surface area contributed by atoms with Crippen molar-refractivity contribution in [3.05, 3.63) is 59.9 Å². The predicted molar refractivity (Wildman–Crippen MR) is 81.7 cm³/mol. The Balaban J connectivity index is 1.94. The number of aromatic nitrogens is 1. The molecule has 0 unspecified atom stereocenters. The van der Waals surface area contributed by atoms with Crippen LogP contribution in [0.15, 0.2) is 48.8 Å². The van der Waals surface area contributed by atoms with Crippen molar-refractivity contribution in [3.8, 4) is 5.75 Å². The Hall–Kier alpha value is -1.87. The van der Waals surface area contributed by atoms with E-state index in [-0.39, 0.29) is 6.10 Å². The summed E-state index contributed by atoms with van der Waals surface area (Å²) < 4.78 is 5.71. The summed E-state index contributed by atoms with van der Waals surface area (Å²) in [6.07, 6.45) is 3.85. The van der Waals surface area contributed by atoms with Crippen LogP contribution in [0.2, 0.25) is 0 Å². The molecular weight excluding hydrogens is 248 g/mol.